The number of benzene rings is 1. The molecule has 2 nitrogen and oxygen atoms in total. The highest BCUT2D eigenvalue weighted by Crippen LogP contribution is 2.17. The van der Waals surface area contributed by atoms with E-state index in [-0.39, 0.29) is 11.7 Å². The van der Waals surface area contributed by atoms with Gasteiger partial charge in [0.1, 0.15) is 12.1 Å². The number of rotatable bonds is 6. The van der Waals surface area contributed by atoms with Gasteiger partial charge in [-0.15, -0.1) is 11.8 Å². The number of hydrogen-bond acceptors (Lipinski definition) is 3. The van der Waals surface area contributed by atoms with E-state index in [1.165, 1.54) is 11.8 Å². The van der Waals surface area contributed by atoms with Gasteiger partial charge in [-0.1, -0.05) is 25.1 Å². The lowest BCUT2D eigenvalue weighted by atomic mass is 10.1. The van der Waals surface area contributed by atoms with Gasteiger partial charge in [-0.25, -0.2) is 0 Å². The Morgan fingerprint density at radius 1 is 1.40 bits per heavy atom. The van der Waals surface area contributed by atoms with Crippen LogP contribution in [0.5, 0.6) is 0 Å². The molecular weight excluding hydrogens is 208 g/mol. The molecule has 1 aromatic carbocycles. The monoisotopic (exact) mass is 222 g/mol. The summed E-state index contributed by atoms with van der Waals surface area (Å²) >= 11 is 1.52. The molecule has 0 heterocycles. The summed E-state index contributed by atoms with van der Waals surface area (Å²) in [7, 11) is 0. The Labute approximate surface area is 94.1 Å². The maximum Gasteiger partial charge on any atom is 0.143 e. The Kier molecular flexibility index (Phi) is 5.12. The van der Waals surface area contributed by atoms with Crippen LogP contribution in [0.3, 0.4) is 0 Å². The van der Waals surface area contributed by atoms with Crippen LogP contribution in [0.25, 0.3) is 0 Å². The number of thioether (sulfide) groups is 1. The molecule has 0 aliphatic carbocycles. The van der Waals surface area contributed by atoms with Gasteiger partial charge in [-0.2, -0.15) is 0 Å². The summed E-state index contributed by atoms with van der Waals surface area (Å²) in [6.45, 7) is 1.76. The smallest absolute Gasteiger partial charge is 0.143 e. The molecule has 1 atom stereocenters. The van der Waals surface area contributed by atoms with Crippen molar-refractivity contribution in [1.29, 1.82) is 0 Å². The van der Waals surface area contributed by atoms with Crippen molar-refractivity contribution in [2.45, 2.75) is 18.2 Å². The first kappa shape index (κ1) is 12.0. The van der Waals surface area contributed by atoms with E-state index in [0.717, 1.165) is 11.2 Å². The van der Waals surface area contributed by atoms with Gasteiger partial charge in [0.25, 0.3) is 0 Å². The minimum Gasteiger partial charge on any atom is -0.303 e. The summed E-state index contributed by atoms with van der Waals surface area (Å²) in [5.74, 6) is 0.416. The van der Waals surface area contributed by atoms with Crippen LogP contribution in [0.4, 0.5) is 0 Å². The maximum atomic E-state index is 11.4. The molecule has 0 saturated carbocycles. The summed E-state index contributed by atoms with van der Waals surface area (Å²) in [6.07, 6.45) is 1.18. The molecule has 1 rings (SSSR count). The molecule has 0 radical (unpaired) electrons. The number of hydrogen-bond donors (Lipinski definition) is 0. The second-order valence-electron chi connectivity index (χ2n) is 3.46. The highest BCUT2D eigenvalue weighted by molar-refractivity contribution is 8.00. The Morgan fingerprint density at radius 2 is 2.07 bits per heavy atom. The lowest BCUT2D eigenvalue weighted by Crippen LogP contribution is -2.08. The average Bonchev–Trinajstić information content (AvgIpc) is 2.27. The normalized spacial score (nSPS) is 12.1. The molecule has 1 aromatic rings. The summed E-state index contributed by atoms with van der Waals surface area (Å²) < 4.78 is 0. The van der Waals surface area contributed by atoms with E-state index in [9.17, 15) is 9.59 Å². The standard InChI is InChI=1S/C12H14O2S/c1-10(8-13)7-11(14)9-15-12-5-3-2-4-6-12/h2-6,8,10H,7,9H2,1H3. The van der Waals surface area contributed by atoms with Gasteiger partial charge < -0.3 is 4.79 Å². The number of carbonyl (C=O) groups excluding carboxylic acids is 2. The highest BCUT2D eigenvalue weighted by atomic mass is 32.2. The lowest BCUT2D eigenvalue weighted by Gasteiger charge is -2.02. The van der Waals surface area contributed by atoms with Crippen LogP contribution in [0.1, 0.15) is 13.3 Å². The van der Waals surface area contributed by atoms with Crippen molar-refractivity contribution in [3.63, 3.8) is 0 Å². The third-order valence-corrected chi connectivity index (χ3v) is 3.00. The molecule has 0 aliphatic heterocycles. The van der Waals surface area contributed by atoms with Crippen LogP contribution in [0, 0.1) is 5.92 Å². The average molecular weight is 222 g/mol. The van der Waals surface area contributed by atoms with Crippen LogP contribution < -0.4 is 0 Å². The Hall–Kier alpha value is -1.09. The fourth-order valence-electron chi connectivity index (χ4n) is 1.15. The molecule has 0 saturated heterocycles. The van der Waals surface area contributed by atoms with Crippen LogP contribution in [0.15, 0.2) is 35.2 Å². The summed E-state index contributed by atoms with van der Waals surface area (Å²) in [5.41, 5.74) is 0. The van der Waals surface area contributed by atoms with Crippen LogP contribution in [0.2, 0.25) is 0 Å². The molecule has 0 bridgehead atoms. The summed E-state index contributed by atoms with van der Waals surface area (Å²) in [6, 6.07) is 9.78. The third kappa shape index (κ3) is 4.79. The first-order chi connectivity index (χ1) is 7.22. The molecule has 0 amide bonds. The lowest BCUT2D eigenvalue weighted by molar-refractivity contribution is -0.120. The van der Waals surface area contributed by atoms with Crippen LogP contribution in [-0.4, -0.2) is 17.8 Å². The predicted octanol–water partition coefficient (Wildman–Crippen LogP) is 2.57. The van der Waals surface area contributed by atoms with Gasteiger partial charge in [-0.05, 0) is 12.1 Å². The van der Waals surface area contributed by atoms with E-state index in [1.807, 2.05) is 30.3 Å². The van der Waals surface area contributed by atoms with Crippen molar-refractivity contribution in [2.24, 2.45) is 5.92 Å². The highest BCUT2D eigenvalue weighted by Gasteiger charge is 2.08. The molecule has 80 valence electrons. The molecule has 15 heavy (non-hydrogen) atoms. The minimum absolute atomic E-state index is 0.128. The van der Waals surface area contributed by atoms with Crippen molar-refractivity contribution >= 4 is 23.8 Å². The summed E-state index contributed by atoms with van der Waals surface area (Å²) in [4.78, 5) is 22.8. The fraction of sp³-hybridized carbons (Fsp3) is 0.333. The van der Waals surface area contributed by atoms with Gasteiger partial charge in [0, 0.05) is 17.2 Å². The zero-order valence-corrected chi connectivity index (χ0v) is 9.50. The van der Waals surface area contributed by atoms with Crippen molar-refractivity contribution in [3.8, 4) is 0 Å². The number of carbonyl (C=O) groups is 2. The fourth-order valence-corrected chi connectivity index (χ4v) is 1.94. The van der Waals surface area contributed by atoms with Gasteiger partial charge >= 0.3 is 0 Å². The molecule has 3 heteroatoms. The van der Waals surface area contributed by atoms with Crippen LogP contribution in [-0.2, 0) is 9.59 Å². The predicted molar refractivity (Wildman–Crippen MR) is 62.0 cm³/mol. The van der Waals surface area contributed by atoms with E-state index < -0.39 is 0 Å². The SMILES string of the molecule is CC(C=O)CC(=O)CSc1ccccc1. The first-order valence-corrected chi connectivity index (χ1v) is 5.85. The number of ketones is 1. The molecule has 0 fully saturated rings. The van der Waals surface area contributed by atoms with E-state index in [4.69, 9.17) is 0 Å². The molecule has 0 spiro atoms. The van der Waals surface area contributed by atoms with Gasteiger partial charge in [-0.3, -0.25) is 4.79 Å². The zero-order valence-electron chi connectivity index (χ0n) is 8.68. The van der Waals surface area contributed by atoms with Gasteiger partial charge in [0.2, 0.25) is 0 Å². The Balaban J connectivity index is 2.31. The molecule has 1 unspecified atom stereocenters. The van der Waals surface area contributed by atoms with E-state index in [0.29, 0.717) is 12.2 Å². The molecular formula is C12H14O2S. The second-order valence-corrected chi connectivity index (χ2v) is 4.51. The first-order valence-electron chi connectivity index (χ1n) is 4.87. The Bertz CT molecular complexity index is 322. The van der Waals surface area contributed by atoms with Crippen molar-refractivity contribution < 1.29 is 9.59 Å². The number of aldehydes is 1. The third-order valence-electron chi connectivity index (χ3n) is 1.92. The quantitative estimate of drug-likeness (QED) is 0.548. The van der Waals surface area contributed by atoms with Crippen molar-refractivity contribution in [3.05, 3.63) is 30.3 Å². The van der Waals surface area contributed by atoms with Gasteiger partial charge in [0.15, 0.2) is 0 Å². The van der Waals surface area contributed by atoms with E-state index in [2.05, 4.69) is 0 Å². The largest absolute Gasteiger partial charge is 0.303 e. The maximum absolute atomic E-state index is 11.4. The Morgan fingerprint density at radius 3 is 2.67 bits per heavy atom. The molecule has 0 aromatic heterocycles. The van der Waals surface area contributed by atoms with E-state index >= 15 is 0 Å². The molecule has 0 N–H and O–H groups in total. The molecule has 0 aliphatic rings. The van der Waals surface area contributed by atoms with E-state index in [1.54, 1.807) is 6.92 Å². The topological polar surface area (TPSA) is 34.1 Å². The zero-order chi connectivity index (χ0) is 11.1. The second kappa shape index (κ2) is 6.40. The summed E-state index contributed by atoms with van der Waals surface area (Å²) in [5, 5.41) is 0. The van der Waals surface area contributed by atoms with Crippen molar-refractivity contribution in [2.75, 3.05) is 5.75 Å². The van der Waals surface area contributed by atoms with Crippen LogP contribution >= 0.6 is 11.8 Å². The van der Waals surface area contributed by atoms with Gasteiger partial charge in [0.05, 0.1) is 5.75 Å². The van der Waals surface area contributed by atoms with Crippen molar-refractivity contribution in [1.82, 2.24) is 0 Å². The minimum atomic E-state index is -0.158. The number of Topliss-reactive ketones (excluding diaryl/α,β-unsaturated/α-hetero) is 1.